The highest BCUT2D eigenvalue weighted by atomic mass is 32.2. The Balaban J connectivity index is 1.43. The third-order valence-electron chi connectivity index (χ3n) is 5.56. The molecular weight excluding hydrogens is 436 g/mol. The summed E-state index contributed by atoms with van der Waals surface area (Å²) in [5.74, 6) is 0.879. The first kappa shape index (κ1) is 22.1. The molecule has 1 aromatic heterocycles. The fourth-order valence-electron chi connectivity index (χ4n) is 3.73. The topological polar surface area (TPSA) is 109 Å². The van der Waals surface area contributed by atoms with Gasteiger partial charge in [0.25, 0.3) is 0 Å². The third kappa shape index (κ3) is 5.04. The Kier molecular flexibility index (Phi) is 6.54. The molecule has 4 rings (SSSR count). The van der Waals surface area contributed by atoms with Gasteiger partial charge in [-0.15, -0.1) is 10.2 Å². The molecule has 2 N–H and O–H groups in total. The Labute approximate surface area is 187 Å². The zero-order valence-electron chi connectivity index (χ0n) is 17.8. The van der Waals surface area contributed by atoms with Gasteiger partial charge in [-0.05, 0) is 63.8 Å². The summed E-state index contributed by atoms with van der Waals surface area (Å²) in [5, 5.41) is 12.4. The van der Waals surface area contributed by atoms with Gasteiger partial charge >= 0.3 is 0 Å². The molecule has 2 heterocycles. The van der Waals surface area contributed by atoms with Crippen molar-refractivity contribution in [1.82, 2.24) is 19.5 Å². The molecule has 11 heteroatoms. The first-order valence-corrected chi connectivity index (χ1v) is 13.0. The van der Waals surface area contributed by atoms with Crippen molar-refractivity contribution < 1.29 is 13.2 Å². The van der Waals surface area contributed by atoms with Gasteiger partial charge in [0.1, 0.15) is 0 Å². The van der Waals surface area contributed by atoms with Gasteiger partial charge in [0.05, 0.1) is 10.6 Å². The van der Waals surface area contributed by atoms with Crippen molar-refractivity contribution >= 4 is 39.3 Å². The molecule has 2 aromatic rings. The summed E-state index contributed by atoms with van der Waals surface area (Å²) in [4.78, 5) is 15.0. The van der Waals surface area contributed by atoms with Crippen LogP contribution >= 0.6 is 11.8 Å². The molecule has 31 heavy (non-hydrogen) atoms. The van der Waals surface area contributed by atoms with Crippen LogP contribution in [0.4, 0.5) is 11.6 Å². The SMILES string of the molecule is CNS(=O)(=O)c1cc(NC(=O)CSc2nnc(N3CCCCC3)n2C2CC2)ccc1C. The minimum atomic E-state index is -3.59. The van der Waals surface area contributed by atoms with Crippen LogP contribution in [0, 0.1) is 6.92 Å². The Morgan fingerprint density at radius 2 is 1.94 bits per heavy atom. The molecule has 9 nitrogen and oxygen atoms in total. The molecule has 1 saturated carbocycles. The quantitative estimate of drug-likeness (QED) is 0.578. The van der Waals surface area contributed by atoms with Crippen molar-refractivity contribution in [1.29, 1.82) is 0 Å². The number of carbonyl (C=O) groups is 1. The van der Waals surface area contributed by atoms with Crippen LogP contribution in [0.25, 0.3) is 0 Å². The second kappa shape index (κ2) is 9.17. The van der Waals surface area contributed by atoms with E-state index in [-0.39, 0.29) is 16.6 Å². The summed E-state index contributed by atoms with van der Waals surface area (Å²) in [6.45, 7) is 3.72. The van der Waals surface area contributed by atoms with E-state index in [0.717, 1.165) is 37.0 Å². The van der Waals surface area contributed by atoms with E-state index in [2.05, 4.69) is 29.7 Å². The molecule has 1 amide bonds. The van der Waals surface area contributed by atoms with Gasteiger partial charge in [-0.3, -0.25) is 9.36 Å². The van der Waals surface area contributed by atoms with Crippen molar-refractivity contribution in [2.45, 2.75) is 55.1 Å². The zero-order chi connectivity index (χ0) is 22.0. The van der Waals surface area contributed by atoms with Crippen LogP contribution in [-0.2, 0) is 14.8 Å². The summed E-state index contributed by atoms with van der Waals surface area (Å²) in [6, 6.07) is 5.28. The third-order valence-corrected chi connectivity index (χ3v) is 8.06. The number of nitrogens with one attached hydrogen (secondary N) is 2. The number of sulfonamides is 1. The fourth-order valence-corrected chi connectivity index (χ4v) is 5.53. The molecule has 2 fully saturated rings. The maximum atomic E-state index is 12.5. The Morgan fingerprint density at radius 3 is 2.61 bits per heavy atom. The fraction of sp³-hybridized carbons (Fsp3) is 0.550. The molecule has 0 atom stereocenters. The van der Waals surface area contributed by atoms with E-state index in [1.807, 2.05) is 0 Å². The molecule has 168 valence electrons. The van der Waals surface area contributed by atoms with Crippen molar-refractivity contribution in [3.05, 3.63) is 23.8 Å². The normalized spacial score (nSPS) is 17.0. The van der Waals surface area contributed by atoms with Crippen LogP contribution < -0.4 is 14.9 Å². The minimum Gasteiger partial charge on any atom is -0.341 e. The van der Waals surface area contributed by atoms with Crippen LogP contribution in [0.3, 0.4) is 0 Å². The number of rotatable bonds is 8. The van der Waals surface area contributed by atoms with Crippen LogP contribution in [0.1, 0.15) is 43.7 Å². The second-order valence-corrected chi connectivity index (χ2v) is 10.8. The van der Waals surface area contributed by atoms with E-state index in [0.29, 0.717) is 17.3 Å². The van der Waals surface area contributed by atoms with E-state index in [9.17, 15) is 13.2 Å². The van der Waals surface area contributed by atoms with Gasteiger partial charge < -0.3 is 10.2 Å². The molecule has 0 unspecified atom stereocenters. The average molecular weight is 465 g/mol. The van der Waals surface area contributed by atoms with Gasteiger partial charge in [0.2, 0.25) is 21.9 Å². The van der Waals surface area contributed by atoms with Crippen molar-refractivity contribution in [3.63, 3.8) is 0 Å². The maximum Gasteiger partial charge on any atom is 0.240 e. The smallest absolute Gasteiger partial charge is 0.240 e. The van der Waals surface area contributed by atoms with Gasteiger partial charge in [-0.2, -0.15) is 0 Å². The predicted octanol–water partition coefficient (Wildman–Crippen LogP) is 2.55. The van der Waals surface area contributed by atoms with E-state index >= 15 is 0 Å². The summed E-state index contributed by atoms with van der Waals surface area (Å²) >= 11 is 1.37. The maximum absolute atomic E-state index is 12.5. The number of piperidine rings is 1. The Bertz CT molecular complexity index is 1060. The molecule has 2 aliphatic rings. The van der Waals surface area contributed by atoms with Crippen molar-refractivity contribution in [3.8, 4) is 0 Å². The number of aryl methyl sites for hydroxylation is 1. The first-order valence-electron chi connectivity index (χ1n) is 10.6. The van der Waals surface area contributed by atoms with E-state index in [4.69, 9.17) is 0 Å². The zero-order valence-corrected chi connectivity index (χ0v) is 19.4. The van der Waals surface area contributed by atoms with Gasteiger partial charge in [-0.25, -0.2) is 13.1 Å². The predicted molar refractivity (Wildman–Crippen MR) is 121 cm³/mol. The number of nitrogens with zero attached hydrogens (tertiary/aromatic N) is 4. The lowest BCUT2D eigenvalue weighted by atomic mass is 10.1. The highest BCUT2D eigenvalue weighted by Crippen LogP contribution is 2.41. The second-order valence-electron chi connectivity index (χ2n) is 7.96. The molecule has 1 saturated heterocycles. The summed E-state index contributed by atoms with van der Waals surface area (Å²) in [6.07, 6.45) is 5.83. The molecule has 0 bridgehead atoms. The highest BCUT2D eigenvalue weighted by Gasteiger charge is 2.32. The largest absolute Gasteiger partial charge is 0.341 e. The van der Waals surface area contributed by atoms with Crippen LogP contribution in [-0.4, -0.2) is 55.0 Å². The average Bonchev–Trinajstić information content (AvgIpc) is 3.52. The van der Waals surface area contributed by atoms with E-state index in [1.165, 1.54) is 44.1 Å². The van der Waals surface area contributed by atoms with Gasteiger partial charge in [0.15, 0.2) is 5.16 Å². The number of benzene rings is 1. The van der Waals surface area contributed by atoms with Crippen LogP contribution in [0.15, 0.2) is 28.3 Å². The Hall–Kier alpha value is -2.11. The van der Waals surface area contributed by atoms with Crippen molar-refractivity contribution in [2.24, 2.45) is 0 Å². The van der Waals surface area contributed by atoms with Crippen LogP contribution in [0.5, 0.6) is 0 Å². The number of amides is 1. The standard InChI is InChI=1S/C20H28N6O3S2/c1-14-6-7-15(12-17(14)31(28,29)21-2)22-18(27)13-30-20-24-23-19(26(20)16-8-9-16)25-10-4-3-5-11-25/h6-7,12,16,21H,3-5,8-11,13H2,1-2H3,(H,22,27). The number of carbonyl (C=O) groups excluding carboxylic acids is 1. The molecule has 1 aromatic carbocycles. The summed E-state index contributed by atoms with van der Waals surface area (Å²) < 4.78 is 28.8. The molecule has 1 aliphatic heterocycles. The first-order chi connectivity index (χ1) is 14.9. The summed E-state index contributed by atoms with van der Waals surface area (Å²) in [7, 11) is -2.23. The minimum absolute atomic E-state index is 0.153. The number of hydrogen-bond donors (Lipinski definition) is 2. The number of thioether (sulfide) groups is 1. The lowest BCUT2D eigenvalue weighted by Gasteiger charge is -2.27. The van der Waals surface area contributed by atoms with Gasteiger partial charge in [-0.1, -0.05) is 17.8 Å². The van der Waals surface area contributed by atoms with Crippen LogP contribution in [0.2, 0.25) is 0 Å². The molecular formula is C20H28N6O3S2. The van der Waals surface area contributed by atoms with Crippen molar-refractivity contribution in [2.75, 3.05) is 36.1 Å². The number of hydrogen-bond acceptors (Lipinski definition) is 7. The lowest BCUT2D eigenvalue weighted by Crippen LogP contribution is -2.32. The highest BCUT2D eigenvalue weighted by molar-refractivity contribution is 7.99. The molecule has 0 spiro atoms. The number of anilines is 2. The Morgan fingerprint density at radius 1 is 1.19 bits per heavy atom. The molecule has 0 radical (unpaired) electrons. The van der Waals surface area contributed by atoms with Gasteiger partial charge in [0, 0.05) is 24.8 Å². The monoisotopic (exact) mass is 464 g/mol. The van der Waals surface area contributed by atoms with E-state index in [1.54, 1.807) is 19.1 Å². The van der Waals surface area contributed by atoms with E-state index < -0.39 is 10.0 Å². The lowest BCUT2D eigenvalue weighted by molar-refractivity contribution is -0.113. The number of aromatic nitrogens is 3. The molecule has 1 aliphatic carbocycles. The summed E-state index contributed by atoms with van der Waals surface area (Å²) in [5.41, 5.74) is 1.06.